The second-order valence-electron chi connectivity index (χ2n) is 5.09. The fourth-order valence-corrected chi connectivity index (χ4v) is 3.35. The van der Waals surface area contributed by atoms with Crippen molar-refractivity contribution < 1.29 is 0 Å². The van der Waals surface area contributed by atoms with Crippen molar-refractivity contribution in [3.63, 3.8) is 0 Å². The molecule has 3 N–H and O–H groups in total. The molecule has 17 heavy (non-hydrogen) atoms. The number of nitrogens with two attached hydrogens (primary N) is 1. The number of nitrogens with one attached hydrogen (secondary N) is 1. The summed E-state index contributed by atoms with van der Waals surface area (Å²) in [7, 11) is 0. The fraction of sp³-hybridized carbons (Fsp3) is 0.769. The third-order valence-electron chi connectivity index (χ3n) is 4.05. The zero-order valence-electron chi connectivity index (χ0n) is 10.6. The maximum Gasteiger partial charge on any atom is 0.109 e. The lowest BCUT2D eigenvalue weighted by Gasteiger charge is -2.41. The van der Waals surface area contributed by atoms with Gasteiger partial charge in [0.25, 0.3) is 0 Å². The van der Waals surface area contributed by atoms with E-state index in [1.165, 1.54) is 30.7 Å². The van der Waals surface area contributed by atoms with E-state index in [-0.39, 0.29) is 0 Å². The molecular formula is C13H23N3S. The Morgan fingerprint density at radius 3 is 2.88 bits per heavy atom. The molecule has 1 saturated carbocycles. The van der Waals surface area contributed by atoms with Gasteiger partial charge >= 0.3 is 0 Å². The molecular weight excluding hydrogens is 230 g/mol. The van der Waals surface area contributed by atoms with Gasteiger partial charge in [-0.05, 0) is 44.2 Å². The van der Waals surface area contributed by atoms with Gasteiger partial charge < -0.3 is 11.1 Å². The second kappa shape index (κ2) is 5.94. The van der Waals surface area contributed by atoms with E-state index < -0.39 is 0 Å². The van der Waals surface area contributed by atoms with E-state index in [0.717, 1.165) is 19.5 Å². The highest BCUT2D eigenvalue weighted by Crippen LogP contribution is 2.42. The van der Waals surface area contributed by atoms with Crippen molar-refractivity contribution in [2.45, 2.75) is 45.1 Å². The normalized spacial score (nSPS) is 19.9. The van der Waals surface area contributed by atoms with Crippen LogP contribution in [0.15, 0.2) is 11.6 Å². The summed E-state index contributed by atoms with van der Waals surface area (Å²) in [6, 6.07) is 0.421. The topological polar surface area (TPSA) is 50.9 Å². The minimum Gasteiger partial charge on any atom is -0.330 e. The maximum atomic E-state index is 5.87. The highest BCUT2D eigenvalue weighted by Gasteiger charge is 2.34. The van der Waals surface area contributed by atoms with Crippen LogP contribution in [-0.4, -0.2) is 18.1 Å². The van der Waals surface area contributed by atoms with E-state index in [2.05, 4.69) is 17.2 Å². The summed E-state index contributed by atoms with van der Waals surface area (Å²) >= 11 is 1.74. The first-order chi connectivity index (χ1) is 8.29. The number of hydrogen-bond donors (Lipinski definition) is 2. The van der Waals surface area contributed by atoms with Crippen molar-refractivity contribution in [3.05, 3.63) is 16.6 Å². The number of thiazole rings is 1. The van der Waals surface area contributed by atoms with Crippen LogP contribution < -0.4 is 11.1 Å². The van der Waals surface area contributed by atoms with Gasteiger partial charge in [0.15, 0.2) is 0 Å². The molecule has 0 radical (unpaired) electrons. The number of rotatable bonds is 7. The third-order valence-corrected chi connectivity index (χ3v) is 4.94. The standard InChI is InChI=1S/C13H23N3S/c1-2-11(12-16-8-9-17-12)15-7-6-13(10-14)4-3-5-13/h8-9,11,15H,2-7,10,14H2,1H3. The van der Waals surface area contributed by atoms with E-state index in [1.807, 2.05) is 11.6 Å². The molecule has 0 bridgehead atoms. The van der Waals surface area contributed by atoms with Crippen LogP contribution >= 0.6 is 11.3 Å². The molecule has 1 aliphatic carbocycles. The molecule has 1 aromatic heterocycles. The average molecular weight is 253 g/mol. The Morgan fingerprint density at radius 1 is 1.59 bits per heavy atom. The molecule has 3 nitrogen and oxygen atoms in total. The van der Waals surface area contributed by atoms with Crippen LogP contribution in [0.3, 0.4) is 0 Å². The summed E-state index contributed by atoms with van der Waals surface area (Å²) in [5, 5.41) is 6.88. The summed E-state index contributed by atoms with van der Waals surface area (Å²) in [4.78, 5) is 4.39. The van der Waals surface area contributed by atoms with Crippen molar-refractivity contribution in [1.82, 2.24) is 10.3 Å². The maximum absolute atomic E-state index is 5.87. The molecule has 1 fully saturated rings. The lowest BCUT2D eigenvalue weighted by atomic mass is 9.67. The molecule has 1 aromatic rings. The predicted octanol–water partition coefficient (Wildman–Crippen LogP) is 2.70. The van der Waals surface area contributed by atoms with Crippen LogP contribution in [0.25, 0.3) is 0 Å². The molecule has 1 atom stereocenters. The first-order valence-electron chi connectivity index (χ1n) is 6.62. The van der Waals surface area contributed by atoms with Gasteiger partial charge in [0.1, 0.15) is 5.01 Å². The van der Waals surface area contributed by atoms with Crippen LogP contribution in [0.5, 0.6) is 0 Å². The van der Waals surface area contributed by atoms with Crippen molar-refractivity contribution in [3.8, 4) is 0 Å². The number of nitrogens with zero attached hydrogens (tertiary/aromatic N) is 1. The molecule has 0 amide bonds. The van der Waals surface area contributed by atoms with E-state index in [4.69, 9.17) is 5.73 Å². The zero-order valence-corrected chi connectivity index (χ0v) is 11.4. The summed E-state index contributed by atoms with van der Waals surface area (Å²) in [6.07, 6.45) is 8.20. The summed E-state index contributed by atoms with van der Waals surface area (Å²) in [6.45, 7) is 4.12. The Kier molecular flexibility index (Phi) is 4.54. The molecule has 0 aromatic carbocycles. The minimum atomic E-state index is 0.421. The van der Waals surface area contributed by atoms with Gasteiger partial charge in [-0.15, -0.1) is 11.3 Å². The van der Waals surface area contributed by atoms with E-state index in [1.54, 1.807) is 11.3 Å². The lowest BCUT2D eigenvalue weighted by molar-refractivity contribution is 0.128. The molecule has 0 spiro atoms. The smallest absolute Gasteiger partial charge is 0.109 e. The first kappa shape index (κ1) is 13.0. The number of hydrogen-bond acceptors (Lipinski definition) is 4. The highest BCUT2D eigenvalue weighted by molar-refractivity contribution is 7.09. The Balaban J connectivity index is 1.77. The molecule has 1 aliphatic rings. The van der Waals surface area contributed by atoms with Crippen LogP contribution in [0.4, 0.5) is 0 Å². The average Bonchev–Trinajstić information content (AvgIpc) is 2.81. The van der Waals surface area contributed by atoms with Gasteiger partial charge in [0.2, 0.25) is 0 Å². The SMILES string of the molecule is CCC(NCCC1(CN)CCC1)c1nccs1. The van der Waals surface area contributed by atoms with E-state index >= 15 is 0 Å². The van der Waals surface area contributed by atoms with E-state index in [9.17, 15) is 0 Å². The molecule has 96 valence electrons. The van der Waals surface area contributed by atoms with Crippen molar-refractivity contribution in [2.75, 3.05) is 13.1 Å². The largest absolute Gasteiger partial charge is 0.330 e. The lowest BCUT2D eigenvalue weighted by Crippen LogP contribution is -2.40. The van der Waals surface area contributed by atoms with Crippen LogP contribution in [0, 0.1) is 5.41 Å². The Morgan fingerprint density at radius 2 is 2.41 bits per heavy atom. The summed E-state index contributed by atoms with van der Waals surface area (Å²) in [5.74, 6) is 0. The Labute approximate surface area is 108 Å². The molecule has 0 aliphatic heterocycles. The Hall–Kier alpha value is -0.450. The monoisotopic (exact) mass is 253 g/mol. The predicted molar refractivity (Wildman–Crippen MR) is 73.1 cm³/mol. The van der Waals surface area contributed by atoms with E-state index in [0.29, 0.717) is 11.5 Å². The van der Waals surface area contributed by atoms with Gasteiger partial charge in [-0.2, -0.15) is 0 Å². The quantitative estimate of drug-likeness (QED) is 0.785. The fourth-order valence-electron chi connectivity index (χ4n) is 2.56. The minimum absolute atomic E-state index is 0.421. The Bertz CT molecular complexity index is 314. The first-order valence-corrected chi connectivity index (χ1v) is 7.50. The van der Waals surface area contributed by atoms with Gasteiger partial charge in [0.05, 0.1) is 6.04 Å². The van der Waals surface area contributed by atoms with Crippen LogP contribution in [0.1, 0.15) is 50.1 Å². The van der Waals surface area contributed by atoms with Crippen LogP contribution in [-0.2, 0) is 0 Å². The van der Waals surface area contributed by atoms with Crippen molar-refractivity contribution >= 4 is 11.3 Å². The van der Waals surface area contributed by atoms with Crippen LogP contribution in [0.2, 0.25) is 0 Å². The van der Waals surface area contributed by atoms with Gasteiger partial charge in [-0.25, -0.2) is 4.98 Å². The second-order valence-corrected chi connectivity index (χ2v) is 6.02. The summed E-state index contributed by atoms with van der Waals surface area (Å²) in [5.41, 5.74) is 6.33. The van der Waals surface area contributed by atoms with Gasteiger partial charge in [-0.3, -0.25) is 0 Å². The molecule has 2 rings (SSSR count). The molecule has 1 unspecified atom stereocenters. The zero-order chi connectivity index (χ0) is 12.1. The van der Waals surface area contributed by atoms with Gasteiger partial charge in [-0.1, -0.05) is 13.3 Å². The molecule has 1 heterocycles. The highest BCUT2D eigenvalue weighted by atomic mass is 32.1. The third kappa shape index (κ3) is 3.06. The van der Waals surface area contributed by atoms with Gasteiger partial charge in [0, 0.05) is 11.6 Å². The van der Waals surface area contributed by atoms with Crippen molar-refractivity contribution in [1.29, 1.82) is 0 Å². The summed E-state index contributed by atoms with van der Waals surface area (Å²) < 4.78 is 0. The van der Waals surface area contributed by atoms with Crippen molar-refractivity contribution in [2.24, 2.45) is 11.1 Å². The molecule has 0 saturated heterocycles. The number of aromatic nitrogens is 1. The molecule has 4 heteroatoms.